The molecule has 0 saturated heterocycles. The molecule has 0 atom stereocenters. The Kier molecular flexibility index (Phi) is 4.07. The molecule has 1 heterocycles. The maximum atomic E-state index is 10.0. The van der Waals surface area contributed by atoms with Crippen molar-refractivity contribution in [3.8, 4) is 0 Å². The molecule has 4 heteroatoms. The molecule has 0 radical (unpaired) electrons. The lowest BCUT2D eigenvalue weighted by Crippen LogP contribution is -1.92. The van der Waals surface area contributed by atoms with Crippen LogP contribution in [0.25, 0.3) is 0 Å². The minimum absolute atomic E-state index is 0.0694. The molecule has 1 aromatic carbocycles. The van der Waals surface area contributed by atoms with Gasteiger partial charge in [0.2, 0.25) is 0 Å². The van der Waals surface area contributed by atoms with Gasteiger partial charge in [-0.1, -0.05) is 30.3 Å². The van der Waals surface area contributed by atoms with Gasteiger partial charge in [0.1, 0.15) is 12.2 Å². The Morgan fingerprint density at radius 3 is 2.36 bits per heavy atom. The van der Waals surface area contributed by atoms with Crippen LogP contribution in [0.2, 0.25) is 0 Å². The van der Waals surface area contributed by atoms with Crippen molar-refractivity contribution < 1.29 is 14.3 Å². The predicted molar refractivity (Wildman–Crippen MR) is 50.2 cm³/mol. The number of carbonyl (C=O) groups excluding carboxylic acids is 2. The number of hydrogen-bond acceptors (Lipinski definition) is 3. The Morgan fingerprint density at radius 1 is 1.36 bits per heavy atom. The zero-order valence-corrected chi connectivity index (χ0v) is 7.34. The summed E-state index contributed by atoms with van der Waals surface area (Å²) in [5.41, 5.74) is 0.729. The van der Waals surface area contributed by atoms with Gasteiger partial charge < -0.3 is 14.5 Å². The van der Waals surface area contributed by atoms with Gasteiger partial charge in [-0.3, -0.25) is 4.79 Å². The van der Waals surface area contributed by atoms with Crippen LogP contribution in [0.4, 0.5) is 0 Å². The number of carbonyl (C=O) groups is 2. The van der Waals surface area contributed by atoms with Gasteiger partial charge in [-0.05, 0) is 0 Å². The second kappa shape index (κ2) is 5.64. The Hall–Kier alpha value is -1.97. The third-order valence-corrected chi connectivity index (χ3v) is 1.37. The van der Waals surface area contributed by atoms with Crippen molar-refractivity contribution in [1.82, 2.24) is 0 Å². The Labute approximate surface area is 81.2 Å². The largest absolute Gasteiger partial charge is 0.581 e. The smallest absolute Gasteiger partial charge is 0.150 e. The molecule has 1 aliphatic heterocycles. The lowest BCUT2D eigenvalue weighted by molar-refractivity contribution is -0.118. The molecule has 0 N–H and O–H groups in total. The van der Waals surface area contributed by atoms with Gasteiger partial charge in [-0.25, -0.2) is 0 Å². The van der Waals surface area contributed by atoms with Gasteiger partial charge >= 0.3 is 0 Å². The van der Waals surface area contributed by atoms with E-state index in [0.717, 1.165) is 11.8 Å². The third-order valence-electron chi connectivity index (χ3n) is 1.37. The van der Waals surface area contributed by atoms with E-state index in [0.29, 0.717) is 0 Å². The van der Waals surface area contributed by atoms with E-state index < -0.39 is 0 Å². The van der Waals surface area contributed by atoms with Gasteiger partial charge in [0, 0.05) is 12.0 Å². The molecule has 2 rings (SSSR count). The summed E-state index contributed by atoms with van der Waals surface area (Å²) in [6, 6.07) is 9.10. The van der Waals surface area contributed by atoms with Crippen LogP contribution in [0, 0.1) is 0 Å². The van der Waals surface area contributed by atoms with Crippen LogP contribution in [0.1, 0.15) is 10.4 Å². The van der Waals surface area contributed by atoms with Crippen molar-refractivity contribution in [2.45, 2.75) is 0 Å². The minimum atomic E-state index is -0.255. The lowest BCUT2D eigenvalue weighted by Gasteiger charge is -1.87. The standard InChI is InChI=1S/C7H6O.C3H2NO2/c8-6-7-4-2-1-3-5-7;5-3-1-6-2-4-3/h1-6H;1H2/q;-1. The number of rotatable bonds is 1. The Balaban J connectivity index is 0.000000146. The molecule has 14 heavy (non-hydrogen) atoms. The number of aldehydes is 1. The van der Waals surface area contributed by atoms with E-state index in [2.05, 4.69) is 9.73 Å². The normalized spacial score (nSPS) is 12.7. The maximum Gasteiger partial charge on any atom is 0.150 e. The van der Waals surface area contributed by atoms with Crippen LogP contribution in [-0.2, 0) is 9.53 Å². The van der Waals surface area contributed by atoms with Gasteiger partial charge in [-0.15, -0.1) is 0 Å². The number of ether oxygens (including phenoxy) is 1. The highest BCUT2D eigenvalue weighted by Gasteiger charge is 1.87. The van der Waals surface area contributed by atoms with Crippen LogP contribution in [-0.4, -0.2) is 25.2 Å². The molecule has 1 aromatic rings. The number of nitrogens with zero attached hydrogens (tertiary/aromatic N) is 1. The molecular formula is C10H8NO3-. The first-order chi connectivity index (χ1) is 6.83. The minimum Gasteiger partial charge on any atom is -0.581 e. The van der Waals surface area contributed by atoms with Gasteiger partial charge in [0.05, 0.1) is 6.61 Å². The number of hydrogen-bond donors (Lipinski definition) is 0. The molecule has 1 amide bonds. The summed E-state index contributed by atoms with van der Waals surface area (Å²) < 4.78 is 4.29. The first kappa shape index (κ1) is 10.1. The maximum absolute atomic E-state index is 10.0. The number of aliphatic imine (C=N–C) groups is 1. The topological polar surface area (TPSA) is 55.7 Å². The highest BCUT2D eigenvalue weighted by Crippen LogP contribution is 1.91. The highest BCUT2D eigenvalue weighted by molar-refractivity contribution is 5.88. The fourth-order valence-corrected chi connectivity index (χ4v) is 0.741. The molecule has 0 saturated carbocycles. The van der Waals surface area contributed by atoms with Crippen molar-refractivity contribution in [1.29, 1.82) is 0 Å². The van der Waals surface area contributed by atoms with Crippen molar-refractivity contribution in [2.24, 2.45) is 4.99 Å². The average molecular weight is 190 g/mol. The lowest BCUT2D eigenvalue weighted by atomic mass is 10.2. The molecule has 0 aromatic heterocycles. The second-order valence-corrected chi connectivity index (χ2v) is 2.41. The van der Waals surface area contributed by atoms with E-state index in [-0.39, 0.29) is 12.5 Å². The summed E-state index contributed by atoms with van der Waals surface area (Å²) in [5.74, 6) is -0.255. The van der Waals surface area contributed by atoms with E-state index in [9.17, 15) is 9.59 Å². The third kappa shape index (κ3) is 3.62. The van der Waals surface area contributed by atoms with E-state index in [1.807, 2.05) is 24.6 Å². The molecule has 0 spiro atoms. The van der Waals surface area contributed by atoms with Crippen molar-refractivity contribution in [3.05, 3.63) is 35.9 Å². The Morgan fingerprint density at radius 2 is 2.07 bits per heavy atom. The number of benzene rings is 1. The van der Waals surface area contributed by atoms with Crippen molar-refractivity contribution in [3.63, 3.8) is 0 Å². The fourth-order valence-electron chi connectivity index (χ4n) is 0.741. The molecule has 0 unspecified atom stereocenters. The van der Waals surface area contributed by atoms with Gasteiger partial charge in [0.25, 0.3) is 0 Å². The summed E-state index contributed by atoms with van der Waals surface area (Å²) in [7, 11) is 0. The van der Waals surface area contributed by atoms with Gasteiger partial charge in [0.15, 0.2) is 0 Å². The number of amides is 1. The summed E-state index contributed by atoms with van der Waals surface area (Å²) in [5, 5.41) is 0. The summed E-state index contributed by atoms with van der Waals surface area (Å²) >= 11 is 0. The zero-order chi connectivity index (χ0) is 10.2. The molecule has 72 valence electrons. The summed E-state index contributed by atoms with van der Waals surface area (Å²) in [6.45, 7) is 0.0694. The van der Waals surface area contributed by atoms with Crippen LogP contribution >= 0.6 is 0 Å². The molecule has 4 nitrogen and oxygen atoms in total. The van der Waals surface area contributed by atoms with Crippen LogP contribution in [0.3, 0.4) is 0 Å². The molecule has 0 aliphatic carbocycles. The first-order valence-corrected chi connectivity index (χ1v) is 3.93. The SMILES string of the molecule is O=C1CO[C-]=N1.O=Cc1ccccc1. The van der Waals surface area contributed by atoms with Gasteiger partial charge in [-0.2, -0.15) is 0 Å². The predicted octanol–water partition coefficient (Wildman–Crippen LogP) is 0.948. The van der Waals surface area contributed by atoms with Crippen LogP contribution < -0.4 is 0 Å². The van der Waals surface area contributed by atoms with E-state index in [4.69, 9.17) is 0 Å². The molecule has 1 aliphatic rings. The summed E-state index contributed by atoms with van der Waals surface area (Å²) in [4.78, 5) is 23.0. The Bertz CT molecular complexity index is 332. The van der Waals surface area contributed by atoms with Crippen LogP contribution in [0.5, 0.6) is 0 Å². The average Bonchev–Trinajstić information content (AvgIpc) is 2.71. The highest BCUT2D eigenvalue weighted by atomic mass is 16.5. The van der Waals surface area contributed by atoms with E-state index in [1.54, 1.807) is 12.1 Å². The summed E-state index contributed by atoms with van der Waals surface area (Å²) in [6.07, 6.45) is 2.88. The first-order valence-electron chi connectivity index (χ1n) is 3.93. The molecule has 0 bridgehead atoms. The van der Waals surface area contributed by atoms with Crippen molar-refractivity contribution in [2.75, 3.05) is 6.61 Å². The molecule has 0 fully saturated rings. The van der Waals surface area contributed by atoms with E-state index in [1.165, 1.54) is 0 Å². The monoisotopic (exact) mass is 190 g/mol. The second-order valence-electron chi connectivity index (χ2n) is 2.41. The van der Waals surface area contributed by atoms with Crippen molar-refractivity contribution >= 4 is 18.6 Å². The quantitative estimate of drug-likeness (QED) is 0.489. The van der Waals surface area contributed by atoms with E-state index >= 15 is 0 Å². The zero-order valence-electron chi connectivity index (χ0n) is 7.34. The van der Waals surface area contributed by atoms with Crippen LogP contribution in [0.15, 0.2) is 35.3 Å². The fraction of sp³-hybridized carbons (Fsp3) is 0.100. The molecular weight excluding hydrogens is 182 g/mol.